The Kier molecular flexibility index (Phi) is 2.62. The molecule has 16 heavy (non-hydrogen) atoms. The van der Waals surface area contributed by atoms with E-state index in [4.69, 9.17) is 10.6 Å². The first kappa shape index (κ1) is 11.7. The van der Waals surface area contributed by atoms with Gasteiger partial charge in [-0.05, 0) is 40.0 Å². The van der Waals surface area contributed by atoms with Gasteiger partial charge in [0.05, 0.1) is 11.6 Å². The summed E-state index contributed by atoms with van der Waals surface area (Å²) in [6.07, 6.45) is 2.80. The van der Waals surface area contributed by atoms with Crippen LogP contribution in [0.25, 0.3) is 0 Å². The summed E-state index contributed by atoms with van der Waals surface area (Å²) in [5.41, 5.74) is -0.416. The highest BCUT2D eigenvalue weighted by Crippen LogP contribution is 2.48. The highest BCUT2D eigenvalue weighted by atomic mass is 16.6. The number of amides is 1. The number of ether oxygens (including phenoxy) is 1. The van der Waals surface area contributed by atoms with Gasteiger partial charge in [-0.3, -0.25) is 5.84 Å². The fourth-order valence-corrected chi connectivity index (χ4v) is 2.45. The molecule has 92 valence electrons. The maximum atomic E-state index is 11.6. The summed E-state index contributed by atoms with van der Waals surface area (Å²) in [6.45, 7) is 6.51. The topological polar surface area (TPSA) is 67.6 Å². The lowest BCUT2D eigenvalue weighted by atomic mass is 10.2. The maximum absolute atomic E-state index is 11.6. The normalized spacial score (nSPS) is 34.1. The average Bonchev–Trinajstić information content (AvgIpc) is 2.63. The average molecular weight is 227 g/mol. The summed E-state index contributed by atoms with van der Waals surface area (Å²) in [5, 5.41) is 4.76. The number of nitrogens with zero attached hydrogens (tertiary/aromatic N) is 1. The van der Waals surface area contributed by atoms with Crippen molar-refractivity contribution >= 4 is 6.09 Å². The van der Waals surface area contributed by atoms with E-state index in [1.807, 2.05) is 25.8 Å². The zero-order valence-corrected chi connectivity index (χ0v) is 10.2. The number of rotatable bonds is 1. The molecule has 1 aliphatic heterocycles. The van der Waals surface area contributed by atoms with E-state index < -0.39 is 5.60 Å². The van der Waals surface area contributed by atoms with Crippen molar-refractivity contribution in [2.45, 2.75) is 57.2 Å². The molecule has 2 atom stereocenters. The summed E-state index contributed by atoms with van der Waals surface area (Å²) >= 11 is 0. The van der Waals surface area contributed by atoms with Crippen molar-refractivity contribution in [2.24, 2.45) is 5.84 Å². The Balaban J connectivity index is 1.83. The van der Waals surface area contributed by atoms with Crippen LogP contribution in [0.2, 0.25) is 0 Å². The Morgan fingerprint density at radius 3 is 2.75 bits per heavy atom. The standard InChI is InChI=1S/C11H21N3O2/c1-10(2,3)16-9(15)13-8-7-11(8)5-4-6-14(11)12/h8H,4-7,12H2,1-3H3,(H,13,15)/t8-,11?/m1/s1. The number of carbonyl (C=O) groups excluding carboxylic acids is 1. The molecule has 1 saturated carbocycles. The molecule has 3 N–H and O–H groups in total. The van der Waals surface area contributed by atoms with Crippen LogP contribution in [-0.4, -0.2) is 34.8 Å². The number of hydrazine groups is 1. The van der Waals surface area contributed by atoms with Crippen LogP contribution in [0.5, 0.6) is 0 Å². The minimum atomic E-state index is -0.440. The lowest BCUT2D eigenvalue weighted by molar-refractivity contribution is 0.0511. The second kappa shape index (κ2) is 3.60. The Bertz CT molecular complexity index is 300. The van der Waals surface area contributed by atoms with Crippen LogP contribution < -0.4 is 11.2 Å². The lowest BCUT2D eigenvalue weighted by Gasteiger charge is -2.22. The molecule has 5 heteroatoms. The van der Waals surface area contributed by atoms with Crippen molar-refractivity contribution in [3.05, 3.63) is 0 Å². The molecule has 0 bridgehead atoms. The summed E-state index contributed by atoms with van der Waals surface area (Å²) in [5.74, 6) is 5.91. The van der Waals surface area contributed by atoms with Gasteiger partial charge >= 0.3 is 6.09 Å². The van der Waals surface area contributed by atoms with Gasteiger partial charge in [0.25, 0.3) is 0 Å². The molecule has 0 aromatic heterocycles. The van der Waals surface area contributed by atoms with Crippen molar-refractivity contribution in [1.82, 2.24) is 10.3 Å². The Morgan fingerprint density at radius 1 is 1.56 bits per heavy atom. The van der Waals surface area contributed by atoms with Gasteiger partial charge in [-0.25, -0.2) is 9.80 Å². The zero-order chi connectivity index (χ0) is 12.0. The minimum absolute atomic E-state index is 0.0247. The van der Waals surface area contributed by atoms with Gasteiger partial charge in [-0.15, -0.1) is 0 Å². The van der Waals surface area contributed by atoms with Crippen molar-refractivity contribution in [3.8, 4) is 0 Å². The van der Waals surface area contributed by atoms with E-state index in [-0.39, 0.29) is 17.7 Å². The second-order valence-electron chi connectivity index (χ2n) is 5.80. The van der Waals surface area contributed by atoms with E-state index in [0.717, 1.165) is 25.8 Å². The molecule has 2 aliphatic rings. The molecule has 1 amide bonds. The Hall–Kier alpha value is -0.810. The number of carbonyl (C=O) groups is 1. The van der Waals surface area contributed by atoms with Gasteiger partial charge in [-0.1, -0.05) is 0 Å². The predicted molar refractivity (Wildman–Crippen MR) is 60.6 cm³/mol. The van der Waals surface area contributed by atoms with Gasteiger partial charge in [0.15, 0.2) is 0 Å². The lowest BCUT2D eigenvalue weighted by Crippen LogP contribution is -2.45. The number of hydrogen-bond donors (Lipinski definition) is 2. The summed E-state index contributed by atoms with van der Waals surface area (Å²) in [7, 11) is 0. The van der Waals surface area contributed by atoms with E-state index in [1.165, 1.54) is 0 Å². The largest absolute Gasteiger partial charge is 0.444 e. The molecule has 0 radical (unpaired) electrons. The third kappa shape index (κ3) is 2.15. The molecule has 1 heterocycles. The molecule has 1 aliphatic carbocycles. The van der Waals surface area contributed by atoms with E-state index in [0.29, 0.717) is 0 Å². The second-order valence-corrected chi connectivity index (χ2v) is 5.80. The zero-order valence-electron chi connectivity index (χ0n) is 10.2. The van der Waals surface area contributed by atoms with Crippen LogP contribution in [0, 0.1) is 0 Å². The molecule has 0 aromatic carbocycles. The molecule has 1 saturated heterocycles. The molecule has 0 aromatic rings. The SMILES string of the molecule is CC(C)(C)OC(=O)N[C@@H]1CC12CCCN2N. The van der Waals surface area contributed by atoms with Crippen molar-refractivity contribution in [2.75, 3.05) is 6.54 Å². The molecular formula is C11H21N3O2. The maximum Gasteiger partial charge on any atom is 0.407 e. The monoisotopic (exact) mass is 227 g/mol. The molecule has 1 spiro atoms. The number of nitrogens with one attached hydrogen (secondary N) is 1. The summed E-state index contributed by atoms with van der Waals surface area (Å²) < 4.78 is 5.22. The van der Waals surface area contributed by atoms with Crippen molar-refractivity contribution in [1.29, 1.82) is 0 Å². The molecule has 2 rings (SSSR count). The van der Waals surface area contributed by atoms with Crippen LogP contribution in [0.3, 0.4) is 0 Å². The fourth-order valence-electron chi connectivity index (χ4n) is 2.45. The summed E-state index contributed by atoms with van der Waals surface area (Å²) in [6, 6.07) is 0.162. The fraction of sp³-hybridized carbons (Fsp3) is 0.909. The first-order valence-electron chi connectivity index (χ1n) is 5.85. The summed E-state index contributed by atoms with van der Waals surface area (Å²) in [4.78, 5) is 11.6. The van der Waals surface area contributed by atoms with Gasteiger partial charge in [0.2, 0.25) is 0 Å². The third-order valence-electron chi connectivity index (χ3n) is 3.32. The van der Waals surface area contributed by atoms with E-state index in [2.05, 4.69) is 5.32 Å². The van der Waals surface area contributed by atoms with Crippen molar-refractivity contribution in [3.63, 3.8) is 0 Å². The van der Waals surface area contributed by atoms with Crippen LogP contribution in [0.1, 0.15) is 40.0 Å². The van der Waals surface area contributed by atoms with Crippen molar-refractivity contribution < 1.29 is 9.53 Å². The Labute approximate surface area is 96.3 Å². The van der Waals surface area contributed by atoms with E-state index in [1.54, 1.807) is 0 Å². The molecule has 1 unspecified atom stereocenters. The minimum Gasteiger partial charge on any atom is -0.444 e. The number of alkyl carbamates (subject to hydrolysis) is 1. The Morgan fingerprint density at radius 2 is 2.25 bits per heavy atom. The predicted octanol–water partition coefficient (Wildman–Crippen LogP) is 0.992. The van der Waals surface area contributed by atoms with Gasteiger partial charge in [0, 0.05) is 6.54 Å². The first-order chi connectivity index (χ1) is 7.33. The number of nitrogens with two attached hydrogens (primary N) is 1. The van der Waals surface area contributed by atoms with Gasteiger partial charge in [-0.2, -0.15) is 0 Å². The molecular weight excluding hydrogens is 206 g/mol. The first-order valence-corrected chi connectivity index (χ1v) is 5.85. The third-order valence-corrected chi connectivity index (χ3v) is 3.32. The van der Waals surface area contributed by atoms with Crippen LogP contribution in [0.4, 0.5) is 4.79 Å². The molecule has 5 nitrogen and oxygen atoms in total. The van der Waals surface area contributed by atoms with E-state index in [9.17, 15) is 4.79 Å². The highest BCUT2D eigenvalue weighted by Gasteiger charge is 2.60. The van der Waals surface area contributed by atoms with Crippen LogP contribution in [0.15, 0.2) is 0 Å². The molecule has 2 fully saturated rings. The van der Waals surface area contributed by atoms with Gasteiger partial charge in [0.1, 0.15) is 5.60 Å². The quantitative estimate of drug-likeness (QED) is 0.656. The van der Waals surface area contributed by atoms with Crippen LogP contribution in [-0.2, 0) is 4.74 Å². The number of hydrogen-bond acceptors (Lipinski definition) is 4. The van der Waals surface area contributed by atoms with Gasteiger partial charge < -0.3 is 10.1 Å². The highest BCUT2D eigenvalue weighted by molar-refractivity contribution is 5.69. The smallest absolute Gasteiger partial charge is 0.407 e. The van der Waals surface area contributed by atoms with E-state index >= 15 is 0 Å². The van der Waals surface area contributed by atoms with Crippen LogP contribution >= 0.6 is 0 Å².